The minimum absolute atomic E-state index is 0.0499. The SMILES string of the molecule is Cc1cnc(CC(=O)N(C)C(C)CC(=O)O)o1. The molecule has 0 aromatic carbocycles. The molecule has 1 amide bonds. The van der Waals surface area contributed by atoms with E-state index in [9.17, 15) is 9.59 Å². The molecule has 6 nitrogen and oxygen atoms in total. The van der Waals surface area contributed by atoms with Gasteiger partial charge in [-0.3, -0.25) is 9.59 Å². The molecular weight excluding hydrogens is 224 g/mol. The van der Waals surface area contributed by atoms with Gasteiger partial charge >= 0.3 is 5.97 Å². The van der Waals surface area contributed by atoms with Crippen LogP contribution in [0, 0.1) is 6.92 Å². The van der Waals surface area contributed by atoms with E-state index >= 15 is 0 Å². The summed E-state index contributed by atoms with van der Waals surface area (Å²) in [5, 5.41) is 8.64. The fourth-order valence-electron chi connectivity index (χ4n) is 1.37. The van der Waals surface area contributed by atoms with E-state index in [2.05, 4.69) is 4.98 Å². The van der Waals surface area contributed by atoms with Crippen LogP contribution in [0.2, 0.25) is 0 Å². The van der Waals surface area contributed by atoms with E-state index in [1.807, 2.05) is 0 Å². The number of hydrogen-bond acceptors (Lipinski definition) is 4. The van der Waals surface area contributed by atoms with Crippen LogP contribution >= 0.6 is 0 Å². The first kappa shape index (κ1) is 13.2. The Morgan fingerprint density at radius 3 is 2.71 bits per heavy atom. The lowest BCUT2D eigenvalue weighted by atomic mass is 10.2. The quantitative estimate of drug-likeness (QED) is 0.824. The maximum atomic E-state index is 11.8. The first-order chi connectivity index (χ1) is 7.90. The van der Waals surface area contributed by atoms with Crippen LogP contribution in [0.3, 0.4) is 0 Å². The highest BCUT2D eigenvalue weighted by Gasteiger charge is 2.19. The van der Waals surface area contributed by atoms with Crippen LogP contribution in [0.25, 0.3) is 0 Å². The van der Waals surface area contributed by atoms with Crippen LogP contribution < -0.4 is 0 Å². The predicted molar refractivity (Wildman–Crippen MR) is 59.4 cm³/mol. The van der Waals surface area contributed by atoms with Crippen LogP contribution in [0.5, 0.6) is 0 Å². The summed E-state index contributed by atoms with van der Waals surface area (Å²) < 4.78 is 5.19. The lowest BCUT2D eigenvalue weighted by molar-refractivity contribution is -0.139. The van der Waals surface area contributed by atoms with Crippen molar-refractivity contribution in [1.29, 1.82) is 0 Å². The van der Waals surface area contributed by atoms with E-state index in [-0.39, 0.29) is 24.8 Å². The molecular formula is C11H16N2O4. The fourth-order valence-corrected chi connectivity index (χ4v) is 1.37. The van der Waals surface area contributed by atoms with E-state index in [1.165, 1.54) is 4.90 Å². The molecule has 0 radical (unpaired) electrons. The van der Waals surface area contributed by atoms with E-state index in [0.717, 1.165) is 0 Å². The number of rotatable bonds is 5. The summed E-state index contributed by atoms with van der Waals surface area (Å²) in [4.78, 5) is 27.6. The second-order valence-electron chi connectivity index (χ2n) is 3.99. The van der Waals surface area contributed by atoms with Gasteiger partial charge in [0.1, 0.15) is 12.2 Å². The van der Waals surface area contributed by atoms with Crippen LogP contribution in [-0.4, -0.2) is 40.0 Å². The first-order valence-electron chi connectivity index (χ1n) is 5.29. The summed E-state index contributed by atoms with van der Waals surface area (Å²) in [5.41, 5.74) is 0. The number of carbonyl (C=O) groups excluding carboxylic acids is 1. The summed E-state index contributed by atoms with van der Waals surface area (Å²) in [6.07, 6.45) is 1.52. The summed E-state index contributed by atoms with van der Waals surface area (Å²) in [6, 6.07) is -0.351. The number of carboxylic acid groups (broad SMARTS) is 1. The van der Waals surface area contributed by atoms with E-state index in [4.69, 9.17) is 9.52 Å². The van der Waals surface area contributed by atoms with Crippen molar-refractivity contribution in [3.63, 3.8) is 0 Å². The minimum Gasteiger partial charge on any atom is -0.481 e. The zero-order valence-electron chi connectivity index (χ0n) is 10.1. The number of nitrogens with zero attached hydrogens (tertiary/aromatic N) is 2. The summed E-state index contributed by atoms with van der Waals surface area (Å²) in [5.74, 6) is -0.138. The normalized spacial score (nSPS) is 12.2. The van der Waals surface area contributed by atoms with E-state index in [1.54, 1.807) is 27.1 Å². The molecule has 0 aliphatic carbocycles. The summed E-state index contributed by atoms with van der Waals surface area (Å²) in [7, 11) is 1.58. The average Bonchev–Trinajstić information content (AvgIpc) is 2.61. The molecule has 0 aliphatic heterocycles. The molecule has 1 aromatic heterocycles. The van der Waals surface area contributed by atoms with Crippen LogP contribution in [0.1, 0.15) is 25.0 Å². The van der Waals surface area contributed by atoms with Gasteiger partial charge in [0.25, 0.3) is 0 Å². The van der Waals surface area contributed by atoms with Crippen molar-refractivity contribution in [2.24, 2.45) is 0 Å². The molecule has 17 heavy (non-hydrogen) atoms. The van der Waals surface area contributed by atoms with E-state index in [0.29, 0.717) is 11.7 Å². The molecule has 1 rings (SSSR count). The molecule has 6 heteroatoms. The van der Waals surface area contributed by atoms with Gasteiger partial charge in [-0.25, -0.2) is 4.98 Å². The van der Waals surface area contributed by atoms with Crippen molar-refractivity contribution in [3.05, 3.63) is 17.8 Å². The molecule has 1 unspecified atom stereocenters. The number of carbonyl (C=O) groups is 2. The minimum atomic E-state index is -0.927. The predicted octanol–water partition coefficient (Wildman–Crippen LogP) is 0.847. The first-order valence-corrected chi connectivity index (χ1v) is 5.29. The second kappa shape index (κ2) is 5.47. The Morgan fingerprint density at radius 2 is 2.24 bits per heavy atom. The van der Waals surface area contributed by atoms with Gasteiger partial charge in [-0.15, -0.1) is 0 Å². The standard InChI is InChI=1S/C11H16N2O4/c1-7(4-11(15)16)13(3)10(14)5-9-12-6-8(2)17-9/h6-7H,4-5H2,1-3H3,(H,15,16). The molecule has 1 aromatic rings. The topological polar surface area (TPSA) is 83.6 Å². The van der Waals surface area contributed by atoms with Gasteiger partial charge in [0.2, 0.25) is 11.8 Å². The lowest BCUT2D eigenvalue weighted by Gasteiger charge is -2.23. The third-order valence-electron chi connectivity index (χ3n) is 2.50. The van der Waals surface area contributed by atoms with Crippen molar-refractivity contribution in [2.45, 2.75) is 32.7 Å². The van der Waals surface area contributed by atoms with Crippen LogP contribution in [-0.2, 0) is 16.0 Å². The van der Waals surface area contributed by atoms with Crippen molar-refractivity contribution < 1.29 is 19.1 Å². The Labute approximate surface area is 99.2 Å². The third-order valence-corrected chi connectivity index (χ3v) is 2.50. The molecule has 94 valence electrons. The molecule has 0 fully saturated rings. The fraction of sp³-hybridized carbons (Fsp3) is 0.545. The average molecular weight is 240 g/mol. The van der Waals surface area contributed by atoms with Crippen molar-refractivity contribution in [3.8, 4) is 0 Å². The maximum Gasteiger partial charge on any atom is 0.305 e. The molecule has 0 spiro atoms. The summed E-state index contributed by atoms with van der Waals surface area (Å²) in [6.45, 7) is 3.44. The highest BCUT2D eigenvalue weighted by molar-refractivity contribution is 5.78. The Kier molecular flexibility index (Phi) is 4.25. The zero-order valence-corrected chi connectivity index (χ0v) is 10.1. The van der Waals surface area contributed by atoms with Gasteiger partial charge in [-0.2, -0.15) is 0 Å². The highest BCUT2D eigenvalue weighted by Crippen LogP contribution is 2.07. The monoisotopic (exact) mass is 240 g/mol. The van der Waals surface area contributed by atoms with Crippen molar-refractivity contribution in [1.82, 2.24) is 9.88 Å². The number of aryl methyl sites for hydroxylation is 1. The molecule has 0 aliphatic rings. The smallest absolute Gasteiger partial charge is 0.305 e. The highest BCUT2D eigenvalue weighted by atomic mass is 16.4. The van der Waals surface area contributed by atoms with Gasteiger partial charge < -0.3 is 14.4 Å². The van der Waals surface area contributed by atoms with Crippen molar-refractivity contribution >= 4 is 11.9 Å². The Hall–Kier alpha value is -1.85. The van der Waals surface area contributed by atoms with Gasteiger partial charge in [0, 0.05) is 13.1 Å². The number of likely N-dealkylation sites (N-methyl/N-ethyl adjacent to an activating group) is 1. The number of aromatic nitrogens is 1. The number of hydrogen-bond donors (Lipinski definition) is 1. The van der Waals surface area contributed by atoms with Gasteiger partial charge in [-0.05, 0) is 13.8 Å². The molecule has 1 heterocycles. The van der Waals surface area contributed by atoms with Gasteiger partial charge in [0.05, 0.1) is 12.6 Å². The number of amides is 1. The molecule has 0 saturated heterocycles. The Morgan fingerprint density at radius 1 is 1.59 bits per heavy atom. The zero-order chi connectivity index (χ0) is 13.0. The molecule has 1 atom stereocenters. The largest absolute Gasteiger partial charge is 0.481 e. The van der Waals surface area contributed by atoms with Crippen molar-refractivity contribution in [2.75, 3.05) is 7.05 Å². The van der Waals surface area contributed by atoms with Crippen LogP contribution in [0.4, 0.5) is 0 Å². The number of carboxylic acids is 1. The Balaban J connectivity index is 2.55. The Bertz CT molecular complexity index is 413. The summed E-state index contributed by atoms with van der Waals surface area (Å²) >= 11 is 0. The maximum absolute atomic E-state index is 11.8. The molecule has 0 saturated carbocycles. The number of oxazole rings is 1. The second-order valence-corrected chi connectivity index (χ2v) is 3.99. The van der Waals surface area contributed by atoms with E-state index < -0.39 is 5.97 Å². The lowest BCUT2D eigenvalue weighted by Crippen LogP contribution is -2.37. The van der Waals surface area contributed by atoms with Gasteiger partial charge in [-0.1, -0.05) is 0 Å². The van der Waals surface area contributed by atoms with Gasteiger partial charge in [0.15, 0.2) is 0 Å². The molecule has 0 bridgehead atoms. The third kappa shape index (κ3) is 3.90. The number of aliphatic carboxylic acids is 1. The molecule has 1 N–H and O–H groups in total. The van der Waals surface area contributed by atoms with Crippen LogP contribution in [0.15, 0.2) is 10.6 Å².